The third-order valence-corrected chi connectivity index (χ3v) is 9.61. The van der Waals surface area contributed by atoms with Gasteiger partial charge in [0.25, 0.3) is 0 Å². The van der Waals surface area contributed by atoms with Crippen LogP contribution in [0.1, 0.15) is 57.8 Å². The van der Waals surface area contributed by atoms with Crippen LogP contribution in [0.5, 0.6) is 0 Å². The molecule has 0 bridgehead atoms. The van der Waals surface area contributed by atoms with E-state index in [0.29, 0.717) is 32.5 Å². The van der Waals surface area contributed by atoms with Crippen molar-refractivity contribution in [3.63, 3.8) is 0 Å². The van der Waals surface area contributed by atoms with E-state index in [2.05, 4.69) is 5.32 Å². The van der Waals surface area contributed by atoms with E-state index < -0.39 is 15.9 Å². The molecule has 2 unspecified atom stereocenters. The van der Waals surface area contributed by atoms with Crippen LogP contribution in [0.15, 0.2) is 29.2 Å². The molecular weight excluding hydrogens is 462 g/mol. The van der Waals surface area contributed by atoms with E-state index >= 15 is 0 Å². The smallest absolute Gasteiger partial charge is 0.244 e. The van der Waals surface area contributed by atoms with E-state index in [0.717, 1.165) is 38.5 Å². The molecule has 2 saturated heterocycles. The van der Waals surface area contributed by atoms with Crippen molar-refractivity contribution < 1.29 is 18.0 Å². The molecule has 1 aromatic carbocycles. The van der Waals surface area contributed by atoms with Crippen LogP contribution in [-0.4, -0.2) is 61.7 Å². The van der Waals surface area contributed by atoms with Gasteiger partial charge in [-0.15, -0.1) is 0 Å². The molecule has 1 saturated carbocycles. The molecule has 182 valence electrons. The summed E-state index contributed by atoms with van der Waals surface area (Å²) in [6.45, 7) is 1.58. The predicted octanol–water partition coefficient (Wildman–Crippen LogP) is 3.43. The van der Waals surface area contributed by atoms with Gasteiger partial charge in [-0.2, -0.15) is 4.31 Å². The van der Waals surface area contributed by atoms with Crippen LogP contribution < -0.4 is 5.32 Å². The highest BCUT2D eigenvalue weighted by Gasteiger charge is 2.38. The quantitative estimate of drug-likeness (QED) is 0.678. The highest BCUT2D eigenvalue weighted by molar-refractivity contribution is 7.89. The summed E-state index contributed by atoms with van der Waals surface area (Å²) in [6.07, 6.45) is 8.51. The standard InChI is InChI=1S/C24H34ClN3O4S/c25-21-12-4-5-13-22(21)33(31,32)28-15-7-9-19(17-28)24(30)27-14-6-8-18(16-27)23(29)26-20-10-2-1-3-11-20/h4-5,12-13,18-20H,1-3,6-11,14-17H2,(H,26,29). The molecule has 0 spiro atoms. The van der Waals surface area contributed by atoms with Crippen LogP contribution in [0.2, 0.25) is 5.02 Å². The minimum atomic E-state index is -3.76. The molecule has 9 heteroatoms. The number of halogens is 1. The van der Waals surface area contributed by atoms with Crippen LogP contribution in [-0.2, 0) is 19.6 Å². The lowest BCUT2D eigenvalue weighted by atomic mass is 9.91. The van der Waals surface area contributed by atoms with Crippen LogP contribution in [0.4, 0.5) is 0 Å². The first kappa shape index (κ1) is 24.5. The van der Waals surface area contributed by atoms with Gasteiger partial charge in [0, 0.05) is 32.2 Å². The first-order chi connectivity index (χ1) is 15.9. The zero-order valence-corrected chi connectivity index (χ0v) is 20.6. The monoisotopic (exact) mass is 495 g/mol. The molecule has 1 aromatic rings. The highest BCUT2D eigenvalue weighted by Crippen LogP contribution is 2.30. The number of hydrogen-bond donors (Lipinski definition) is 1. The maximum atomic E-state index is 13.3. The molecule has 2 amide bonds. The Bertz CT molecular complexity index is 964. The van der Waals surface area contributed by atoms with Gasteiger partial charge >= 0.3 is 0 Å². The third-order valence-electron chi connectivity index (χ3n) is 7.24. The number of hydrogen-bond acceptors (Lipinski definition) is 4. The van der Waals surface area contributed by atoms with Gasteiger partial charge in [-0.05, 0) is 50.7 Å². The van der Waals surface area contributed by atoms with Gasteiger partial charge in [-0.25, -0.2) is 8.42 Å². The number of nitrogens with one attached hydrogen (secondary N) is 1. The van der Waals surface area contributed by atoms with Crippen molar-refractivity contribution in [2.24, 2.45) is 11.8 Å². The molecule has 33 heavy (non-hydrogen) atoms. The number of carbonyl (C=O) groups is 2. The van der Waals surface area contributed by atoms with E-state index in [-0.39, 0.29) is 40.2 Å². The number of piperidine rings is 2. The average Bonchev–Trinajstić information content (AvgIpc) is 2.84. The van der Waals surface area contributed by atoms with Crippen molar-refractivity contribution in [3.8, 4) is 0 Å². The van der Waals surface area contributed by atoms with E-state index in [1.54, 1.807) is 23.1 Å². The highest BCUT2D eigenvalue weighted by atomic mass is 35.5. The lowest BCUT2D eigenvalue weighted by Gasteiger charge is -2.38. The molecule has 2 atom stereocenters. The van der Waals surface area contributed by atoms with Crippen molar-refractivity contribution in [1.29, 1.82) is 0 Å². The van der Waals surface area contributed by atoms with E-state index in [1.807, 2.05) is 0 Å². The number of benzene rings is 1. The van der Waals surface area contributed by atoms with Gasteiger partial charge in [-0.3, -0.25) is 9.59 Å². The molecule has 3 fully saturated rings. The number of nitrogens with zero attached hydrogens (tertiary/aromatic N) is 2. The summed E-state index contributed by atoms with van der Waals surface area (Å²) in [7, 11) is -3.76. The van der Waals surface area contributed by atoms with Crippen LogP contribution in [0.25, 0.3) is 0 Å². The molecule has 1 N–H and O–H groups in total. The Morgan fingerprint density at radius 1 is 0.879 bits per heavy atom. The van der Waals surface area contributed by atoms with E-state index in [9.17, 15) is 18.0 Å². The largest absolute Gasteiger partial charge is 0.353 e. The van der Waals surface area contributed by atoms with Crippen molar-refractivity contribution in [2.45, 2.75) is 68.7 Å². The second-order valence-electron chi connectivity index (χ2n) is 9.60. The van der Waals surface area contributed by atoms with Crippen LogP contribution >= 0.6 is 11.6 Å². The summed E-state index contributed by atoms with van der Waals surface area (Å²) in [5.74, 6) is -0.553. The van der Waals surface area contributed by atoms with Gasteiger partial charge in [0.05, 0.1) is 16.9 Å². The second-order valence-corrected chi connectivity index (χ2v) is 11.9. The summed E-state index contributed by atoms with van der Waals surface area (Å²) in [4.78, 5) is 28.0. The molecule has 2 aliphatic heterocycles. The van der Waals surface area contributed by atoms with Gasteiger partial charge in [0.15, 0.2) is 0 Å². The van der Waals surface area contributed by atoms with Gasteiger partial charge in [0.2, 0.25) is 21.8 Å². The topological polar surface area (TPSA) is 86.8 Å². The lowest BCUT2D eigenvalue weighted by Crippen LogP contribution is -2.51. The predicted molar refractivity (Wildman–Crippen MR) is 127 cm³/mol. The maximum Gasteiger partial charge on any atom is 0.244 e. The summed E-state index contributed by atoms with van der Waals surface area (Å²) < 4.78 is 27.7. The summed E-state index contributed by atoms with van der Waals surface area (Å²) in [5, 5.41) is 3.39. The number of amides is 2. The van der Waals surface area contributed by atoms with Crippen molar-refractivity contribution in [1.82, 2.24) is 14.5 Å². The maximum absolute atomic E-state index is 13.3. The van der Waals surface area contributed by atoms with Gasteiger partial charge in [0.1, 0.15) is 4.90 Å². The summed E-state index contributed by atoms with van der Waals surface area (Å²) >= 11 is 6.15. The average molecular weight is 496 g/mol. The second kappa shape index (κ2) is 10.7. The Hall–Kier alpha value is -1.64. The molecule has 0 radical (unpaired) electrons. The first-order valence-electron chi connectivity index (χ1n) is 12.2. The Morgan fingerprint density at radius 2 is 1.58 bits per heavy atom. The van der Waals surface area contributed by atoms with Crippen LogP contribution in [0, 0.1) is 11.8 Å². The summed E-state index contributed by atoms with van der Waals surface area (Å²) in [5.41, 5.74) is 0. The van der Waals surface area contributed by atoms with Gasteiger partial charge < -0.3 is 10.2 Å². The zero-order valence-electron chi connectivity index (χ0n) is 19.0. The van der Waals surface area contributed by atoms with Gasteiger partial charge in [-0.1, -0.05) is 43.0 Å². The molecule has 1 aliphatic carbocycles. The number of rotatable bonds is 5. The fraction of sp³-hybridized carbons (Fsp3) is 0.667. The Balaban J connectivity index is 1.38. The molecule has 2 heterocycles. The number of sulfonamides is 1. The van der Waals surface area contributed by atoms with Crippen LogP contribution in [0.3, 0.4) is 0 Å². The fourth-order valence-electron chi connectivity index (χ4n) is 5.37. The fourth-order valence-corrected chi connectivity index (χ4v) is 7.39. The molecule has 4 rings (SSSR count). The lowest BCUT2D eigenvalue weighted by molar-refractivity contribution is -0.140. The normalized spacial score (nSPS) is 25.5. The molecule has 7 nitrogen and oxygen atoms in total. The SMILES string of the molecule is O=C(NC1CCCCC1)C1CCCN(C(=O)C2CCCN(S(=O)(=O)c3ccccc3Cl)C2)C1. The van der Waals surface area contributed by atoms with Crippen molar-refractivity contribution in [3.05, 3.63) is 29.3 Å². The van der Waals surface area contributed by atoms with Crippen molar-refractivity contribution >= 4 is 33.4 Å². The molecule has 3 aliphatic rings. The Labute approximate surface area is 201 Å². The molecule has 0 aromatic heterocycles. The molecular formula is C24H34ClN3O4S. The minimum Gasteiger partial charge on any atom is -0.353 e. The van der Waals surface area contributed by atoms with E-state index in [1.165, 1.54) is 16.8 Å². The number of carbonyl (C=O) groups excluding carboxylic acids is 2. The summed E-state index contributed by atoms with van der Waals surface area (Å²) in [6, 6.07) is 6.68. The van der Waals surface area contributed by atoms with Crippen molar-refractivity contribution in [2.75, 3.05) is 26.2 Å². The minimum absolute atomic E-state index is 0.0378. The number of likely N-dealkylation sites (tertiary alicyclic amines) is 1. The van der Waals surface area contributed by atoms with E-state index in [4.69, 9.17) is 11.6 Å². The zero-order chi connectivity index (χ0) is 23.4. The Kier molecular flexibility index (Phi) is 7.97. The third kappa shape index (κ3) is 5.72. The first-order valence-corrected chi connectivity index (χ1v) is 14.0. The Morgan fingerprint density at radius 3 is 2.33 bits per heavy atom.